The fraction of sp³-hybridized carbons (Fsp3) is 0.862. The topological polar surface area (TPSA) is 20.2 Å². The lowest BCUT2D eigenvalue weighted by Crippen LogP contribution is -2.50. The van der Waals surface area contributed by atoms with Crippen LogP contribution in [0.1, 0.15) is 99.3 Å². The first-order chi connectivity index (χ1) is 14.2. The third kappa shape index (κ3) is 3.66. The first-order valence-electron chi connectivity index (χ1n) is 13.3. The van der Waals surface area contributed by atoms with Gasteiger partial charge in [-0.1, -0.05) is 65.3 Å². The van der Waals surface area contributed by atoms with E-state index in [0.29, 0.717) is 16.7 Å². The predicted molar refractivity (Wildman–Crippen MR) is 128 cm³/mol. The quantitative estimate of drug-likeness (QED) is 0.457. The first kappa shape index (κ1) is 22.6. The Morgan fingerprint density at radius 2 is 1.80 bits per heavy atom. The van der Waals surface area contributed by atoms with Crippen LogP contribution >= 0.6 is 0 Å². The van der Waals surface area contributed by atoms with Crippen LogP contribution in [0.5, 0.6) is 0 Å². The van der Waals surface area contributed by atoms with Crippen LogP contribution in [-0.2, 0) is 0 Å². The molecule has 0 aromatic carbocycles. The van der Waals surface area contributed by atoms with Crippen molar-refractivity contribution in [1.82, 2.24) is 0 Å². The van der Waals surface area contributed by atoms with Crippen molar-refractivity contribution >= 4 is 0 Å². The molecule has 9 atom stereocenters. The lowest BCUT2D eigenvalue weighted by molar-refractivity contribution is -0.0540. The van der Waals surface area contributed by atoms with E-state index >= 15 is 0 Å². The molecule has 4 aliphatic rings. The van der Waals surface area contributed by atoms with Crippen molar-refractivity contribution in [2.24, 2.45) is 52.3 Å². The Kier molecular flexibility index (Phi) is 6.35. The van der Waals surface area contributed by atoms with Crippen LogP contribution < -0.4 is 0 Å². The van der Waals surface area contributed by atoms with Gasteiger partial charge in [-0.25, -0.2) is 0 Å². The first-order valence-corrected chi connectivity index (χ1v) is 13.3. The van der Waals surface area contributed by atoms with Gasteiger partial charge in [0, 0.05) is 0 Å². The summed E-state index contributed by atoms with van der Waals surface area (Å²) in [6.07, 6.45) is 19.1. The van der Waals surface area contributed by atoms with E-state index in [2.05, 4.69) is 59.8 Å². The molecule has 1 N–H and O–H groups in total. The molecule has 4 rings (SSSR count). The number of hydrogen-bond donors (Lipinski definition) is 1. The number of allylic oxidation sites excluding steroid dienone is 3. The molecule has 0 bridgehead atoms. The molecule has 1 heteroatoms. The molecule has 0 spiro atoms. The highest BCUT2D eigenvalue weighted by Crippen LogP contribution is 2.67. The third-order valence-corrected chi connectivity index (χ3v) is 10.8. The van der Waals surface area contributed by atoms with Crippen LogP contribution in [0.4, 0.5) is 0 Å². The summed E-state index contributed by atoms with van der Waals surface area (Å²) in [5.41, 5.74) is 2.51. The van der Waals surface area contributed by atoms with E-state index in [0.717, 1.165) is 48.3 Å². The molecule has 1 nitrogen and oxygen atoms in total. The summed E-state index contributed by atoms with van der Waals surface area (Å²) in [7, 11) is 0. The fourth-order valence-electron chi connectivity index (χ4n) is 8.83. The maximum Gasteiger partial charge on any atom is 0.0577 e. The summed E-state index contributed by atoms with van der Waals surface area (Å²) in [5.74, 6) is 5.70. The van der Waals surface area contributed by atoms with Gasteiger partial charge in [0.2, 0.25) is 0 Å². The third-order valence-electron chi connectivity index (χ3n) is 10.8. The molecule has 0 amide bonds. The Morgan fingerprint density at radius 3 is 2.50 bits per heavy atom. The van der Waals surface area contributed by atoms with Crippen LogP contribution in [0.2, 0.25) is 0 Å². The molecule has 170 valence electrons. The van der Waals surface area contributed by atoms with Gasteiger partial charge in [0.05, 0.1) is 6.10 Å². The minimum atomic E-state index is -0.0870. The van der Waals surface area contributed by atoms with E-state index in [1.165, 1.54) is 44.9 Å². The molecule has 3 saturated carbocycles. The second kappa shape index (κ2) is 8.42. The molecule has 0 saturated heterocycles. The van der Waals surface area contributed by atoms with Gasteiger partial charge in [-0.15, -0.1) is 0 Å². The molecular weight excluding hydrogens is 364 g/mol. The van der Waals surface area contributed by atoms with Crippen LogP contribution in [0.15, 0.2) is 23.8 Å². The number of fused-ring (bicyclic) bond motifs is 5. The molecule has 4 unspecified atom stereocenters. The van der Waals surface area contributed by atoms with Crippen molar-refractivity contribution in [1.29, 1.82) is 0 Å². The maximum absolute atomic E-state index is 10.2. The highest BCUT2D eigenvalue weighted by molar-refractivity contribution is 5.25. The Morgan fingerprint density at radius 1 is 1.03 bits per heavy atom. The minimum absolute atomic E-state index is 0.0870. The number of rotatable bonds is 5. The smallest absolute Gasteiger partial charge is 0.0577 e. The fourth-order valence-corrected chi connectivity index (χ4v) is 8.83. The molecular formula is C29H48O. The summed E-state index contributed by atoms with van der Waals surface area (Å²) in [6, 6.07) is 0. The van der Waals surface area contributed by atoms with E-state index in [4.69, 9.17) is 0 Å². The lowest BCUT2D eigenvalue weighted by Gasteiger charge is -2.58. The average Bonchev–Trinajstić information content (AvgIpc) is 3.06. The van der Waals surface area contributed by atoms with Crippen LogP contribution in [0.3, 0.4) is 0 Å². The largest absolute Gasteiger partial charge is 0.393 e. The van der Waals surface area contributed by atoms with Crippen LogP contribution in [-0.4, -0.2) is 11.2 Å². The minimum Gasteiger partial charge on any atom is -0.393 e. The summed E-state index contributed by atoms with van der Waals surface area (Å²) < 4.78 is 0. The Balaban J connectivity index is 1.52. The van der Waals surface area contributed by atoms with Crippen LogP contribution in [0.25, 0.3) is 0 Å². The van der Waals surface area contributed by atoms with Crippen molar-refractivity contribution in [3.8, 4) is 0 Å². The van der Waals surface area contributed by atoms with Crippen molar-refractivity contribution < 1.29 is 5.11 Å². The van der Waals surface area contributed by atoms with E-state index < -0.39 is 0 Å². The summed E-state index contributed by atoms with van der Waals surface area (Å²) in [5, 5.41) is 10.2. The maximum atomic E-state index is 10.2. The van der Waals surface area contributed by atoms with Gasteiger partial charge in [0.15, 0.2) is 0 Å². The highest BCUT2D eigenvalue weighted by atomic mass is 16.3. The Labute approximate surface area is 186 Å². The van der Waals surface area contributed by atoms with Gasteiger partial charge >= 0.3 is 0 Å². The molecule has 0 aromatic heterocycles. The van der Waals surface area contributed by atoms with Gasteiger partial charge < -0.3 is 5.11 Å². The second-order valence-electron chi connectivity index (χ2n) is 12.4. The zero-order valence-electron chi connectivity index (χ0n) is 20.7. The second-order valence-corrected chi connectivity index (χ2v) is 12.4. The summed E-state index contributed by atoms with van der Waals surface area (Å²) in [6.45, 7) is 14.8. The number of aliphatic hydroxyl groups excluding tert-OH is 1. The predicted octanol–water partition coefficient (Wildman–Crippen LogP) is 7.80. The van der Waals surface area contributed by atoms with E-state index in [-0.39, 0.29) is 6.10 Å². The van der Waals surface area contributed by atoms with Crippen LogP contribution in [0, 0.1) is 52.3 Å². The van der Waals surface area contributed by atoms with E-state index in [1.54, 1.807) is 5.57 Å². The molecule has 0 aromatic rings. The molecule has 0 radical (unpaired) electrons. The van der Waals surface area contributed by atoms with Crippen molar-refractivity contribution in [2.45, 2.75) is 105 Å². The normalized spacial score (nSPS) is 45.6. The number of aliphatic hydroxyl groups is 1. The van der Waals surface area contributed by atoms with Gasteiger partial charge in [-0.05, 0) is 110 Å². The van der Waals surface area contributed by atoms with Crippen molar-refractivity contribution in [3.05, 3.63) is 23.8 Å². The summed E-state index contributed by atoms with van der Waals surface area (Å²) in [4.78, 5) is 0. The van der Waals surface area contributed by atoms with E-state index in [1.807, 2.05) is 0 Å². The molecule has 0 heterocycles. The van der Waals surface area contributed by atoms with Crippen molar-refractivity contribution in [2.75, 3.05) is 0 Å². The van der Waals surface area contributed by atoms with Gasteiger partial charge in [-0.2, -0.15) is 0 Å². The average molecular weight is 413 g/mol. The molecule has 3 fully saturated rings. The van der Waals surface area contributed by atoms with E-state index in [9.17, 15) is 5.11 Å². The molecule has 4 aliphatic carbocycles. The standard InChI is InChI=1S/C29H48O/c1-7-21(19(2)3)9-8-20(4)25-12-13-26-24-11-10-22-18-23(30)14-16-28(22,5)27(24)15-17-29(25,26)6/h8-10,19-21,23-27,30H,7,11-18H2,1-6H3/t20-,21-,23+,24?,25?,26?,27?,28+,29-/m1/s1. The van der Waals surface area contributed by atoms with Crippen molar-refractivity contribution in [3.63, 3.8) is 0 Å². The number of hydrogen-bond acceptors (Lipinski definition) is 1. The van der Waals surface area contributed by atoms with Gasteiger partial charge in [0.25, 0.3) is 0 Å². The van der Waals surface area contributed by atoms with Gasteiger partial charge in [-0.3, -0.25) is 0 Å². The monoisotopic (exact) mass is 412 g/mol. The van der Waals surface area contributed by atoms with Gasteiger partial charge in [0.1, 0.15) is 0 Å². The molecule has 30 heavy (non-hydrogen) atoms. The Hall–Kier alpha value is -0.560. The zero-order chi connectivity index (χ0) is 21.7. The zero-order valence-corrected chi connectivity index (χ0v) is 20.7. The SMILES string of the molecule is CC[C@H](C=C[C@@H](C)C1CCC2C3CC=C4C[C@@H](O)CC[C@]4(C)C3CC[C@@]21C)C(C)C. The summed E-state index contributed by atoms with van der Waals surface area (Å²) >= 11 is 0. The Bertz CT molecular complexity index is 674. The lowest BCUT2D eigenvalue weighted by atomic mass is 9.47. The molecule has 0 aliphatic heterocycles. The highest BCUT2D eigenvalue weighted by Gasteiger charge is 2.58.